The topological polar surface area (TPSA) is 55.2 Å². The highest BCUT2D eigenvalue weighted by atomic mass is 35.5. The van der Waals surface area contributed by atoms with E-state index in [0.717, 1.165) is 18.4 Å². The predicted octanol–water partition coefficient (Wildman–Crippen LogP) is 4.31. The van der Waals surface area contributed by atoms with Crippen LogP contribution in [0.15, 0.2) is 59.4 Å². The smallest absolute Gasteiger partial charge is 0.278 e. The number of nitrogens with zero attached hydrogens (tertiary/aromatic N) is 3. The van der Waals surface area contributed by atoms with Crippen LogP contribution in [0.25, 0.3) is 5.69 Å². The maximum Gasteiger partial charge on any atom is 0.278 e. The van der Waals surface area contributed by atoms with Gasteiger partial charge in [-0.05, 0) is 61.7 Å². The summed E-state index contributed by atoms with van der Waals surface area (Å²) >= 11 is 5.95. The van der Waals surface area contributed by atoms with Gasteiger partial charge >= 0.3 is 0 Å². The fourth-order valence-electron chi connectivity index (χ4n) is 3.72. The van der Waals surface area contributed by atoms with Crippen LogP contribution in [0, 0.1) is 12.7 Å². The molecular formula is C22H19ClFN3O2. The number of likely N-dealkylation sites (tertiary alicyclic amines) is 1. The molecule has 29 heavy (non-hydrogen) atoms. The maximum absolute atomic E-state index is 13.3. The third-order valence-corrected chi connectivity index (χ3v) is 5.40. The first-order chi connectivity index (χ1) is 13.9. The van der Waals surface area contributed by atoms with E-state index in [9.17, 15) is 14.0 Å². The molecule has 3 aromatic rings. The van der Waals surface area contributed by atoms with Crippen LogP contribution in [0.1, 0.15) is 40.6 Å². The van der Waals surface area contributed by atoms with Crippen LogP contribution in [0.2, 0.25) is 5.02 Å². The van der Waals surface area contributed by atoms with E-state index in [1.54, 1.807) is 52.9 Å². The minimum Gasteiger partial charge on any atom is -0.330 e. The van der Waals surface area contributed by atoms with Crippen molar-refractivity contribution in [1.29, 1.82) is 0 Å². The summed E-state index contributed by atoms with van der Waals surface area (Å²) in [6.45, 7) is 2.28. The van der Waals surface area contributed by atoms with E-state index in [2.05, 4.69) is 5.10 Å². The molecule has 4 rings (SSSR count). The largest absolute Gasteiger partial charge is 0.330 e. The zero-order valence-corrected chi connectivity index (χ0v) is 16.6. The van der Waals surface area contributed by atoms with E-state index < -0.39 is 11.3 Å². The Kier molecular flexibility index (Phi) is 5.20. The normalized spacial score (nSPS) is 16.2. The van der Waals surface area contributed by atoms with Crippen molar-refractivity contribution in [3.05, 3.63) is 92.6 Å². The third-order valence-electron chi connectivity index (χ3n) is 5.15. The Morgan fingerprint density at radius 3 is 2.52 bits per heavy atom. The molecule has 1 saturated heterocycles. The highest BCUT2D eigenvalue weighted by Crippen LogP contribution is 2.32. The quantitative estimate of drug-likeness (QED) is 0.645. The highest BCUT2D eigenvalue weighted by molar-refractivity contribution is 6.30. The second-order valence-corrected chi connectivity index (χ2v) is 7.53. The Hall–Kier alpha value is -2.99. The van der Waals surface area contributed by atoms with E-state index in [0.29, 0.717) is 22.9 Å². The maximum atomic E-state index is 13.3. The second-order valence-electron chi connectivity index (χ2n) is 7.09. The molecule has 0 bridgehead atoms. The van der Waals surface area contributed by atoms with Crippen molar-refractivity contribution < 1.29 is 9.18 Å². The molecule has 1 aliphatic heterocycles. The van der Waals surface area contributed by atoms with Gasteiger partial charge in [-0.1, -0.05) is 23.7 Å². The molecule has 2 aromatic carbocycles. The average Bonchev–Trinajstić information content (AvgIpc) is 3.19. The van der Waals surface area contributed by atoms with Crippen molar-refractivity contribution in [2.75, 3.05) is 6.54 Å². The lowest BCUT2D eigenvalue weighted by Crippen LogP contribution is -2.36. The number of carbonyl (C=O) groups excluding carboxylic acids is 1. The molecule has 0 aliphatic carbocycles. The Morgan fingerprint density at radius 2 is 1.83 bits per heavy atom. The van der Waals surface area contributed by atoms with Crippen LogP contribution in [-0.4, -0.2) is 27.1 Å². The number of halogens is 2. The number of amides is 1. The lowest BCUT2D eigenvalue weighted by atomic mass is 10.0. The lowest BCUT2D eigenvalue weighted by Gasteiger charge is -2.25. The number of benzene rings is 2. The monoisotopic (exact) mass is 411 g/mol. The predicted molar refractivity (Wildman–Crippen MR) is 109 cm³/mol. The van der Waals surface area contributed by atoms with Gasteiger partial charge in [-0.15, -0.1) is 0 Å². The molecule has 0 N–H and O–H groups in total. The van der Waals surface area contributed by atoms with Gasteiger partial charge in [-0.25, -0.2) is 9.07 Å². The average molecular weight is 412 g/mol. The van der Waals surface area contributed by atoms with Gasteiger partial charge in [0.25, 0.3) is 5.91 Å². The van der Waals surface area contributed by atoms with Crippen LogP contribution >= 0.6 is 11.6 Å². The van der Waals surface area contributed by atoms with E-state index in [1.807, 2.05) is 0 Å². The second kappa shape index (κ2) is 7.79. The highest BCUT2D eigenvalue weighted by Gasteiger charge is 2.32. The first kappa shape index (κ1) is 19.3. The van der Waals surface area contributed by atoms with Gasteiger partial charge < -0.3 is 4.90 Å². The fraction of sp³-hybridized carbons (Fsp3) is 0.227. The molecule has 1 atom stereocenters. The number of carbonyl (C=O) groups is 1. The SMILES string of the molecule is Cc1cc(=O)c(C(=O)N2CCCC2c2ccc(F)cc2)nn1-c1ccc(Cl)cc1. The van der Waals surface area contributed by atoms with Crippen molar-refractivity contribution in [2.24, 2.45) is 0 Å². The standard InChI is InChI=1S/C22H19ClFN3O2/c1-14-13-20(28)21(25-27(14)18-10-6-16(23)7-11-18)22(29)26-12-2-3-19(26)15-4-8-17(24)9-5-15/h4-11,13,19H,2-3,12H2,1H3. The summed E-state index contributed by atoms with van der Waals surface area (Å²) in [7, 11) is 0. The van der Waals surface area contributed by atoms with Gasteiger partial charge in [0.15, 0.2) is 5.69 Å². The molecule has 0 saturated carbocycles. The summed E-state index contributed by atoms with van der Waals surface area (Å²) in [5.41, 5.74) is 1.63. The van der Waals surface area contributed by atoms with Gasteiger partial charge in [-0.3, -0.25) is 9.59 Å². The zero-order chi connectivity index (χ0) is 20.5. The molecule has 1 unspecified atom stereocenters. The van der Waals surface area contributed by atoms with Crippen molar-refractivity contribution in [1.82, 2.24) is 14.7 Å². The van der Waals surface area contributed by atoms with Crippen molar-refractivity contribution >= 4 is 17.5 Å². The lowest BCUT2D eigenvalue weighted by molar-refractivity contribution is 0.0726. The summed E-state index contributed by atoms with van der Waals surface area (Å²) in [6, 6.07) is 14.3. The van der Waals surface area contributed by atoms with Crippen LogP contribution in [0.3, 0.4) is 0 Å². The minimum absolute atomic E-state index is 0.125. The van der Waals surface area contributed by atoms with E-state index >= 15 is 0 Å². The Bertz CT molecular complexity index is 1110. The molecule has 148 valence electrons. The van der Waals surface area contributed by atoms with Gasteiger partial charge in [-0.2, -0.15) is 5.10 Å². The fourth-order valence-corrected chi connectivity index (χ4v) is 3.84. The van der Waals surface area contributed by atoms with E-state index in [1.165, 1.54) is 18.2 Å². The molecular weight excluding hydrogens is 393 g/mol. The zero-order valence-electron chi connectivity index (χ0n) is 15.8. The molecule has 1 aliphatic rings. The minimum atomic E-state index is -0.414. The van der Waals surface area contributed by atoms with E-state index in [-0.39, 0.29) is 17.6 Å². The molecule has 1 fully saturated rings. The molecule has 0 radical (unpaired) electrons. The Morgan fingerprint density at radius 1 is 1.14 bits per heavy atom. The number of aryl methyl sites for hydroxylation is 1. The van der Waals surface area contributed by atoms with Gasteiger partial charge in [0.1, 0.15) is 5.82 Å². The molecule has 1 amide bonds. The third kappa shape index (κ3) is 3.80. The first-order valence-electron chi connectivity index (χ1n) is 9.37. The van der Waals surface area contributed by atoms with Crippen LogP contribution in [0.4, 0.5) is 4.39 Å². The number of hydrogen-bond acceptors (Lipinski definition) is 3. The summed E-state index contributed by atoms with van der Waals surface area (Å²) in [4.78, 5) is 27.4. The summed E-state index contributed by atoms with van der Waals surface area (Å²) in [5.74, 6) is -0.736. The molecule has 1 aromatic heterocycles. The van der Waals surface area contributed by atoms with Crippen molar-refractivity contribution in [3.8, 4) is 5.69 Å². The van der Waals surface area contributed by atoms with Crippen molar-refractivity contribution in [2.45, 2.75) is 25.8 Å². The summed E-state index contributed by atoms with van der Waals surface area (Å²) in [5, 5.41) is 4.95. The summed E-state index contributed by atoms with van der Waals surface area (Å²) < 4.78 is 14.8. The Labute approximate surface area is 172 Å². The Balaban J connectivity index is 1.71. The van der Waals surface area contributed by atoms with Crippen LogP contribution in [0.5, 0.6) is 0 Å². The number of rotatable bonds is 3. The van der Waals surface area contributed by atoms with Gasteiger partial charge in [0.05, 0.1) is 11.7 Å². The van der Waals surface area contributed by atoms with Gasteiger partial charge in [0.2, 0.25) is 5.43 Å². The molecule has 7 heteroatoms. The molecule has 5 nitrogen and oxygen atoms in total. The number of hydrogen-bond donors (Lipinski definition) is 0. The van der Waals surface area contributed by atoms with Crippen LogP contribution < -0.4 is 5.43 Å². The van der Waals surface area contributed by atoms with Crippen LogP contribution in [-0.2, 0) is 0 Å². The number of aromatic nitrogens is 2. The first-order valence-corrected chi connectivity index (χ1v) is 9.75. The molecule has 2 heterocycles. The summed E-state index contributed by atoms with van der Waals surface area (Å²) in [6.07, 6.45) is 1.57. The van der Waals surface area contributed by atoms with E-state index in [4.69, 9.17) is 11.6 Å². The van der Waals surface area contributed by atoms with Crippen molar-refractivity contribution in [3.63, 3.8) is 0 Å². The van der Waals surface area contributed by atoms with Gasteiger partial charge in [0, 0.05) is 23.3 Å². The molecule has 0 spiro atoms.